The monoisotopic (exact) mass is 306 g/mol. The molecule has 1 aromatic rings. The minimum Gasteiger partial charge on any atom is -0.283 e. The average molecular weight is 306 g/mol. The lowest BCUT2D eigenvalue weighted by molar-refractivity contribution is 0.520. The molecule has 0 aliphatic carbocycles. The van der Waals surface area contributed by atoms with E-state index in [0.29, 0.717) is 0 Å². The molecule has 0 heterocycles. The molecule has 0 aliphatic rings. The van der Waals surface area contributed by atoms with E-state index in [1.807, 2.05) is 0 Å². The van der Waals surface area contributed by atoms with Crippen LogP contribution in [-0.4, -0.2) is 40.5 Å². The molecule has 108 valence electrons. The summed E-state index contributed by atoms with van der Waals surface area (Å²) in [4.78, 5) is 0.0430. The summed E-state index contributed by atoms with van der Waals surface area (Å²) in [5, 5.41) is -0.596. The van der Waals surface area contributed by atoms with Gasteiger partial charge in [0.2, 0.25) is 20.0 Å². The molecule has 1 aromatic carbocycles. The smallest absolute Gasteiger partial charge is 0.242 e. The fraction of sp³-hybridized carbons (Fsp3) is 0.455. The first-order valence-electron chi connectivity index (χ1n) is 5.61. The number of nitrogens with zero attached hydrogens (tertiary/aromatic N) is 1. The molecule has 6 nitrogen and oxygen atoms in total. The molecule has 0 radical (unpaired) electrons. The molecule has 1 N–H and O–H groups in total. The molecule has 0 aliphatic heterocycles. The number of hydrogen-bond acceptors (Lipinski definition) is 4. The van der Waals surface area contributed by atoms with Crippen LogP contribution in [0.1, 0.15) is 13.8 Å². The zero-order valence-electron chi connectivity index (χ0n) is 11.3. The van der Waals surface area contributed by atoms with Gasteiger partial charge >= 0.3 is 0 Å². The third-order valence-corrected chi connectivity index (χ3v) is 6.07. The Morgan fingerprint density at radius 2 is 1.68 bits per heavy atom. The molecule has 0 unspecified atom stereocenters. The molecular formula is C11H18N2O4S2. The first kappa shape index (κ1) is 15.9. The van der Waals surface area contributed by atoms with Crippen LogP contribution in [0.5, 0.6) is 0 Å². The van der Waals surface area contributed by atoms with Gasteiger partial charge in [-0.3, -0.25) is 4.72 Å². The average Bonchev–Trinajstić information content (AvgIpc) is 2.28. The van der Waals surface area contributed by atoms with E-state index in [1.165, 1.54) is 38.4 Å². The van der Waals surface area contributed by atoms with Crippen LogP contribution in [0.2, 0.25) is 0 Å². The molecule has 19 heavy (non-hydrogen) atoms. The molecule has 0 fully saturated rings. The van der Waals surface area contributed by atoms with Gasteiger partial charge in [0.15, 0.2) is 0 Å². The van der Waals surface area contributed by atoms with Crippen LogP contribution in [0.3, 0.4) is 0 Å². The van der Waals surface area contributed by atoms with Crippen LogP contribution < -0.4 is 4.72 Å². The van der Waals surface area contributed by atoms with E-state index < -0.39 is 25.3 Å². The van der Waals surface area contributed by atoms with Crippen LogP contribution in [0, 0.1) is 0 Å². The number of sulfonamides is 2. The van der Waals surface area contributed by atoms with E-state index in [4.69, 9.17) is 0 Å². The lowest BCUT2D eigenvalue weighted by Crippen LogP contribution is -2.24. The van der Waals surface area contributed by atoms with Gasteiger partial charge in [-0.25, -0.2) is 21.1 Å². The number of rotatable bonds is 5. The first-order chi connectivity index (χ1) is 8.57. The maximum atomic E-state index is 11.9. The van der Waals surface area contributed by atoms with E-state index in [2.05, 4.69) is 4.72 Å². The Balaban J connectivity index is 3.17. The minimum absolute atomic E-state index is 0.0430. The molecule has 0 saturated heterocycles. The summed E-state index contributed by atoms with van der Waals surface area (Å²) >= 11 is 0. The molecule has 1 rings (SSSR count). The van der Waals surface area contributed by atoms with E-state index in [-0.39, 0.29) is 10.6 Å². The van der Waals surface area contributed by atoms with Gasteiger partial charge in [0.1, 0.15) is 0 Å². The Morgan fingerprint density at radius 1 is 1.11 bits per heavy atom. The number of benzene rings is 1. The zero-order chi connectivity index (χ0) is 14.8. The predicted octanol–water partition coefficient (Wildman–Crippen LogP) is 1.09. The standard InChI is InChI=1S/C11H18N2O4S2/c1-9(2)18(14,15)12-10-6-5-7-11(8-10)19(16,17)13(3)4/h5-9,12H,1-4H3. The Kier molecular flexibility index (Phi) is 4.59. The molecule has 0 amide bonds. The molecule has 0 aromatic heterocycles. The van der Waals surface area contributed by atoms with Gasteiger partial charge in [-0.1, -0.05) is 6.07 Å². The lowest BCUT2D eigenvalue weighted by Gasteiger charge is -2.14. The van der Waals surface area contributed by atoms with Crippen LogP contribution in [0.4, 0.5) is 5.69 Å². The summed E-state index contributed by atoms with van der Waals surface area (Å²) in [5.74, 6) is 0. The Hall–Kier alpha value is -1.12. The van der Waals surface area contributed by atoms with Crippen molar-refractivity contribution in [3.8, 4) is 0 Å². The largest absolute Gasteiger partial charge is 0.283 e. The van der Waals surface area contributed by atoms with E-state index in [9.17, 15) is 16.8 Å². The van der Waals surface area contributed by atoms with E-state index >= 15 is 0 Å². The SMILES string of the molecule is CC(C)S(=O)(=O)Nc1cccc(S(=O)(=O)N(C)C)c1. The highest BCUT2D eigenvalue weighted by Crippen LogP contribution is 2.19. The molecular weight excluding hydrogens is 288 g/mol. The van der Waals surface area contributed by atoms with Gasteiger partial charge in [-0.2, -0.15) is 0 Å². The van der Waals surface area contributed by atoms with Crippen molar-refractivity contribution in [3.63, 3.8) is 0 Å². The molecule has 0 spiro atoms. The number of nitrogens with one attached hydrogen (secondary N) is 1. The van der Waals surface area contributed by atoms with E-state index in [1.54, 1.807) is 13.8 Å². The van der Waals surface area contributed by atoms with Gasteiger partial charge in [-0.15, -0.1) is 0 Å². The number of anilines is 1. The fourth-order valence-electron chi connectivity index (χ4n) is 1.21. The second kappa shape index (κ2) is 5.48. The second-order valence-corrected chi connectivity index (χ2v) is 8.90. The maximum Gasteiger partial charge on any atom is 0.242 e. The van der Waals surface area contributed by atoms with Crippen LogP contribution in [0.25, 0.3) is 0 Å². The normalized spacial score (nSPS) is 12.9. The fourth-order valence-corrected chi connectivity index (χ4v) is 2.85. The van der Waals surface area contributed by atoms with Crippen LogP contribution in [-0.2, 0) is 20.0 Å². The van der Waals surface area contributed by atoms with Crippen molar-refractivity contribution in [1.29, 1.82) is 0 Å². The summed E-state index contributed by atoms with van der Waals surface area (Å²) in [6.07, 6.45) is 0. The maximum absolute atomic E-state index is 11.9. The van der Waals surface area contributed by atoms with Gasteiger partial charge in [0, 0.05) is 19.8 Å². The third kappa shape index (κ3) is 3.68. The van der Waals surface area contributed by atoms with Crippen LogP contribution >= 0.6 is 0 Å². The van der Waals surface area contributed by atoms with Crippen molar-refractivity contribution in [2.75, 3.05) is 18.8 Å². The Morgan fingerprint density at radius 3 is 2.16 bits per heavy atom. The minimum atomic E-state index is -3.58. The topological polar surface area (TPSA) is 83.5 Å². The van der Waals surface area contributed by atoms with Gasteiger partial charge < -0.3 is 0 Å². The molecule has 0 saturated carbocycles. The first-order valence-corrected chi connectivity index (χ1v) is 8.60. The van der Waals surface area contributed by atoms with Gasteiger partial charge in [0.25, 0.3) is 0 Å². The van der Waals surface area contributed by atoms with E-state index in [0.717, 1.165) is 4.31 Å². The van der Waals surface area contributed by atoms with Crippen molar-refractivity contribution < 1.29 is 16.8 Å². The lowest BCUT2D eigenvalue weighted by atomic mass is 10.3. The summed E-state index contributed by atoms with van der Waals surface area (Å²) in [6.45, 7) is 3.09. The van der Waals surface area contributed by atoms with Crippen LogP contribution in [0.15, 0.2) is 29.2 Å². The second-order valence-electron chi connectivity index (χ2n) is 4.51. The summed E-state index contributed by atoms with van der Waals surface area (Å²) in [7, 11) is -4.23. The van der Waals surface area contributed by atoms with Crippen molar-refractivity contribution in [1.82, 2.24) is 4.31 Å². The Bertz CT molecular complexity index is 649. The summed E-state index contributed by atoms with van der Waals surface area (Å²) < 4.78 is 50.7. The quantitative estimate of drug-likeness (QED) is 0.882. The zero-order valence-corrected chi connectivity index (χ0v) is 12.9. The summed E-state index contributed by atoms with van der Waals surface area (Å²) in [5.41, 5.74) is 0.233. The highest BCUT2D eigenvalue weighted by molar-refractivity contribution is 7.93. The summed E-state index contributed by atoms with van der Waals surface area (Å²) in [6, 6.07) is 5.72. The predicted molar refractivity (Wildman–Crippen MR) is 75.0 cm³/mol. The van der Waals surface area contributed by atoms with Crippen molar-refractivity contribution >= 4 is 25.7 Å². The number of hydrogen-bond donors (Lipinski definition) is 1. The highest BCUT2D eigenvalue weighted by Gasteiger charge is 2.19. The third-order valence-electron chi connectivity index (χ3n) is 2.49. The molecule has 8 heteroatoms. The molecule has 0 bridgehead atoms. The van der Waals surface area contributed by atoms with Crippen molar-refractivity contribution in [2.45, 2.75) is 24.0 Å². The Labute approximate surface area is 114 Å². The van der Waals surface area contributed by atoms with Crippen molar-refractivity contribution in [3.05, 3.63) is 24.3 Å². The van der Waals surface area contributed by atoms with Gasteiger partial charge in [0.05, 0.1) is 10.1 Å². The molecule has 0 atom stereocenters. The van der Waals surface area contributed by atoms with Gasteiger partial charge in [-0.05, 0) is 32.0 Å². The van der Waals surface area contributed by atoms with Crippen molar-refractivity contribution in [2.24, 2.45) is 0 Å². The highest BCUT2D eigenvalue weighted by atomic mass is 32.2.